The van der Waals surface area contributed by atoms with Gasteiger partial charge in [-0.25, -0.2) is 0 Å². The van der Waals surface area contributed by atoms with Gasteiger partial charge in [-0.05, 0) is 42.5 Å². The molecule has 0 bridgehead atoms. The number of hydrogen-bond acceptors (Lipinski definition) is 1. The van der Waals surface area contributed by atoms with Crippen molar-refractivity contribution in [1.82, 2.24) is 5.32 Å². The summed E-state index contributed by atoms with van der Waals surface area (Å²) in [5, 5.41) is 5.07. The molecule has 3 heteroatoms. The maximum Gasteiger partial charge on any atom is 0.0442 e. The predicted molar refractivity (Wildman–Crippen MR) is 65.9 cm³/mol. The highest BCUT2D eigenvalue weighted by atomic mass is 35.5. The molecule has 82 valence electrons. The van der Waals surface area contributed by atoms with Crippen LogP contribution in [-0.2, 0) is 0 Å². The second-order valence-electron chi connectivity index (χ2n) is 4.25. The van der Waals surface area contributed by atoms with E-state index in [2.05, 4.69) is 12.2 Å². The molecule has 1 aliphatic rings. The summed E-state index contributed by atoms with van der Waals surface area (Å²) in [6.07, 6.45) is 2.63. The maximum absolute atomic E-state index is 6.14. The molecule has 0 radical (unpaired) electrons. The summed E-state index contributed by atoms with van der Waals surface area (Å²) in [5.74, 6) is 0.414. The lowest BCUT2D eigenvalue weighted by Crippen LogP contribution is -2.22. The van der Waals surface area contributed by atoms with Gasteiger partial charge in [0.15, 0.2) is 0 Å². The molecule has 1 aromatic rings. The van der Waals surface area contributed by atoms with Gasteiger partial charge < -0.3 is 5.32 Å². The second kappa shape index (κ2) is 4.73. The molecule has 15 heavy (non-hydrogen) atoms. The van der Waals surface area contributed by atoms with E-state index >= 15 is 0 Å². The zero-order chi connectivity index (χ0) is 10.8. The zero-order valence-electron chi connectivity index (χ0n) is 8.76. The number of rotatable bonds is 4. The third-order valence-corrected chi connectivity index (χ3v) is 3.36. The first-order valence-corrected chi connectivity index (χ1v) is 6.10. The van der Waals surface area contributed by atoms with Crippen molar-refractivity contribution in [2.45, 2.75) is 31.7 Å². The van der Waals surface area contributed by atoms with E-state index in [1.165, 1.54) is 12.8 Å². The minimum atomic E-state index is 0.414. The van der Waals surface area contributed by atoms with Gasteiger partial charge >= 0.3 is 0 Å². The fourth-order valence-corrected chi connectivity index (χ4v) is 2.12. The number of hydrogen-bond donors (Lipinski definition) is 1. The Morgan fingerprint density at radius 2 is 2.13 bits per heavy atom. The van der Waals surface area contributed by atoms with Gasteiger partial charge in [-0.15, -0.1) is 0 Å². The van der Waals surface area contributed by atoms with Gasteiger partial charge in [-0.2, -0.15) is 0 Å². The van der Waals surface area contributed by atoms with Crippen molar-refractivity contribution < 1.29 is 0 Å². The molecular formula is C12H15Cl2N. The number of halogens is 2. The molecule has 0 aromatic heterocycles. The van der Waals surface area contributed by atoms with E-state index in [0.717, 1.165) is 28.2 Å². The largest absolute Gasteiger partial charge is 0.313 e. The Morgan fingerprint density at radius 1 is 1.40 bits per heavy atom. The lowest BCUT2D eigenvalue weighted by molar-refractivity contribution is 0.612. The van der Waals surface area contributed by atoms with Crippen molar-refractivity contribution in [3.8, 4) is 0 Å². The fraction of sp³-hybridized carbons (Fsp3) is 0.500. The Labute approximate surface area is 101 Å². The minimum Gasteiger partial charge on any atom is -0.313 e. The van der Waals surface area contributed by atoms with Crippen LogP contribution >= 0.6 is 23.2 Å². The predicted octanol–water partition coefficient (Wildman–Crippen LogP) is 3.85. The molecule has 0 amide bonds. The van der Waals surface area contributed by atoms with Crippen LogP contribution in [0.5, 0.6) is 0 Å². The van der Waals surface area contributed by atoms with Gasteiger partial charge in [0.25, 0.3) is 0 Å². The molecule has 1 aliphatic carbocycles. The Morgan fingerprint density at radius 3 is 2.80 bits per heavy atom. The average Bonchev–Trinajstić information content (AvgIpc) is 3.02. The van der Waals surface area contributed by atoms with Crippen LogP contribution in [0.1, 0.15) is 31.2 Å². The fourth-order valence-electron chi connectivity index (χ4n) is 1.63. The summed E-state index contributed by atoms with van der Waals surface area (Å²) < 4.78 is 0. The van der Waals surface area contributed by atoms with Crippen LogP contribution in [0.2, 0.25) is 10.0 Å². The molecule has 0 aliphatic heterocycles. The molecule has 1 nitrogen and oxygen atoms in total. The van der Waals surface area contributed by atoms with Crippen LogP contribution in [0, 0.1) is 0 Å². The zero-order valence-corrected chi connectivity index (χ0v) is 10.3. The smallest absolute Gasteiger partial charge is 0.0442 e. The molecule has 1 unspecified atom stereocenters. The van der Waals surface area contributed by atoms with E-state index in [1.807, 2.05) is 18.2 Å². The topological polar surface area (TPSA) is 12.0 Å². The third-order valence-electron chi connectivity index (χ3n) is 2.78. The lowest BCUT2D eigenvalue weighted by Gasteiger charge is -2.14. The van der Waals surface area contributed by atoms with E-state index < -0.39 is 0 Å². The Bertz CT molecular complexity index is 347. The molecule has 1 atom stereocenters. The standard InChI is InChI=1S/C12H15Cl2N/c1-8(7-15-10-3-4-10)11-6-9(13)2-5-12(11)14/h2,5-6,8,10,15H,3-4,7H2,1H3. The van der Waals surface area contributed by atoms with Crippen LogP contribution in [0.3, 0.4) is 0 Å². The van der Waals surface area contributed by atoms with Gasteiger partial charge in [-0.3, -0.25) is 0 Å². The molecule has 0 spiro atoms. The van der Waals surface area contributed by atoms with E-state index in [9.17, 15) is 0 Å². The van der Waals surface area contributed by atoms with Crippen LogP contribution in [-0.4, -0.2) is 12.6 Å². The van der Waals surface area contributed by atoms with Crippen molar-refractivity contribution in [3.05, 3.63) is 33.8 Å². The Balaban J connectivity index is 2.02. The van der Waals surface area contributed by atoms with Crippen molar-refractivity contribution in [1.29, 1.82) is 0 Å². The molecule has 1 fully saturated rings. The molecule has 1 aromatic carbocycles. The summed E-state index contributed by atoms with van der Waals surface area (Å²) in [4.78, 5) is 0. The summed E-state index contributed by atoms with van der Waals surface area (Å²) in [6, 6.07) is 6.40. The first-order chi connectivity index (χ1) is 7.16. The third kappa shape index (κ3) is 3.10. The highest BCUT2D eigenvalue weighted by molar-refractivity contribution is 6.33. The van der Waals surface area contributed by atoms with Crippen molar-refractivity contribution in [3.63, 3.8) is 0 Å². The summed E-state index contributed by atoms with van der Waals surface area (Å²) in [5.41, 5.74) is 1.14. The maximum atomic E-state index is 6.14. The van der Waals surface area contributed by atoms with Gasteiger partial charge in [0, 0.05) is 22.6 Å². The van der Waals surface area contributed by atoms with Crippen LogP contribution in [0.15, 0.2) is 18.2 Å². The highest BCUT2D eigenvalue weighted by Gasteiger charge is 2.21. The molecule has 2 rings (SSSR count). The molecule has 1 saturated carbocycles. The minimum absolute atomic E-state index is 0.414. The van der Waals surface area contributed by atoms with Crippen molar-refractivity contribution in [2.24, 2.45) is 0 Å². The molecule has 0 heterocycles. The van der Waals surface area contributed by atoms with Crippen molar-refractivity contribution >= 4 is 23.2 Å². The molecule has 1 N–H and O–H groups in total. The SMILES string of the molecule is CC(CNC1CC1)c1cc(Cl)ccc1Cl. The first kappa shape index (κ1) is 11.3. The summed E-state index contributed by atoms with van der Waals surface area (Å²) in [7, 11) is 0. The van der Waals surface area contributed by atoms with Gasteiger partial charge in [0.1, 0.15) is 0 Å². The van der Waals surface area contributed by atoms with Crippen LogP contribution in [0.25, 0.3) is 0 Å². The van der Waals surface area contributed by atoms with Gasteiger partial charge in [0.05, 0.1) is 0 Å². The normalized spacial score (nSPS) is 17.8. The van der Waals surface area contributed by atoms with Crippen molar-refractivity contribution in [2.75, 3.05) is 6.54 Å². The molecular weight excluding hydrogens is 229 g/mol. The van der Waals surface area contributed by atoms with Crippen LogP contribution in [0.4, 0.5) is 0 Å². The molecule has 0 saturated heterocycles. The lowest BCUT2D eigenvalue weighted by atomic mass is 10.0. The summed E-state index contributed by atoms with van der Waals surface area (Å²) in [6.45, 7) is 3.15. The van der Waals surface area contributed by atoms with E-state index in [1.54, 1.807) is 0 Å². The monoisotopic (exact) mass is 243 g/mol. The quantitative estimate of drug-likeness (QED) is 0.848. The second-order valence-corrected chi connectivity index (χ2v) is 5.09. The Hall–Kier alpha value is -0.240. The van der Waals surface area contributed by atoms with E-state index in [-0.39, 0.29) is 0 Å². The van der Waals surface area contributed by atoms with E-state index in [0.29, 0.717) is 5.92 Å². The number of benzene rings is 1. The van der Waals surface area contributed by atoms with Crippen LogP contribution < -0.4 is 5.32 Å². The number of nitrogens with one attached hydrogen (secondary N) is 1. The van der Waals surface area contributed by atoms with Gasteiger partial charge in [-0.1, -0.05) is 30.1 Å². The first-order valence-electron chi connectivity index (χ1n) is 5.35. The highest BCUT2D eigenvalue weighted by Crippen LogP contribution is 2.28. The Kier molecular flexibility index (Phi) is 3.55. The van der Waals surface area contributed by atoms with E-state index in [4.69, 9.17) is 23.2 Å². The average molecular weight is 244 g/mol. The van der Waals surface area contributed by atoms with Gasteiger partial charge in [0.2, 0.25) is 0 Å². The summed E-state index contributed by atoms with van der Waals surface area (Å²) >= 11 is 12.1.